The van der Waals surface area contributed by atoms with Crippen LogP contribution >= 0.6 is 12.2 Å². The predicted molar refractivity (Wildman–Crippen MR) is 86.5 cm³/mol. The van der Waals surface area contributed by atoms with Gasteiger partial charge >= 0.3 is 5.97 Å². The van der Waals surface area contributed by atoms with Gasteiger partial charge in [-0.25, -0.2) is 4.79 Å². The van der Waals surface area contributed by atoms with Crippen LogP contribution in [0, 0.1) is 5.92 Å². The van der Waals surface area contributed by atoms with Crippen molar-refractivity contribution < 1.29 is 9.53 Å². The van der Waals surface area contributed by atoms with Crippen molar-refractivity contribution >= 4 is 29.0 Å². The standard InChI is InChI=1S/C16H20N2O2S/c1-2-20-15(19)12-4-6-13(7-5-12)17-16(21)18-10-11-3-8-14(18)9-11/h4-7,11,14H,2-3,8-10H2,1H3,(H,17,21)/t11-,14+/m1/s1. The summed E-state index contributed by atoms with van der Waals surface area (Å²) in [6.45, 7) is 3.27. The summed E-state index contributed by atoms with van der Waals surface area (Å²) >= 11 is 5.51. The van der Waals surface area contributed by atoms with E-state index in [-0.39, 0.29) is 5.97 Å². The van der Waals surface area contributed by atoms with Crippen molar-refractivity contribution in [2.45, 2.75) is 32.2 Å². The number of likely N-dealkylation sites (tertiary alicyclic amines) is 1. The number of ether oxygens (including phenoxy) is 1. The van der Waals surface area contributed by atoms with Gasteiger partial charge in [-0.15, -0.1) is 0 Å². The zero-order valence-electron chi connectivity index (χ0n) is 12.2. The number of carbonyl (C=O) groups is 1. The number of thiocarbonyl (C=S) groups is 1. The molecule has 0 radical (unpaired) electrons. The molecule has 2 aliphatic rings. The number of rotatable bonds is 3. The van der Waals surface area contributed by atoms with Gasteiger partial charge in [0, 0.05) is 18.3 Å². The maximum Gasteiger partial charge on any atom is 0.338 e. The van der Waals surface area contributed by atoms with Crippen LogP contribution in [0.5, 0.6) is 0 Å². The summed E-state index contributed by atoms with van der Waals surface area (Å²) in [4.78, 5) is 13.9. The number of piperidine rings is 1. The highest BCUT2D eigenvalue weighted by Crippen LogP contribution is 2.37. The molecule has 4 nitrogen and oxygen atoms in total. The molecule has 5 heteroatoms. The van der Waals surface area contributed by atoms with E-state index in [0.717, 1.165) is 23.3 Å². The Balaban J connectivity index is 1.60. The van der Waals surface area contributed by atoms with Crippen LogP contribution in [0.1, 0.15) is 36.5 Å². The van der Waals surface area contributed by atoms with Crippen LogP contribution in [0.15, 0.2) is 24.3 Å². The van der Waals surface area contributed by atoms with E-state index < -0.39 is 0 Å². The Labute approximate surface area is 130 Å². The average Bonchev–Trinajstić information content (AvgIpc) is 3.11. The lowest BCUT2D eigenvalue weighted by atomic mass is 10.1. The summed E-state index contributed by atoms with van der Waals surface area (Å²) < 4.78 is 4.97. The summed E-state index contributed by atoms with van der Waals surface area (Å²) in [5, 5.41) is 4.07. The van der Waals surface area contributed by atoms with Gasteiger partial charge in [0.05, 0.1) is 12.2 Å². The Bertz CT molecular complexity index is 544. The Kier molecular flexibility index (Phi) is 4.10. The summed E-state index contributed by atoms with van der Waals surface area (Å²) in [5.41, 5.74) is 1.48. The third-order valence-electron chi connectivity index (χ3n) is 4.32. The quantitative estimate of drug-likeness (QED) is 0.686. The Morgan fingerprint density at radius 2 is 2.14 bits per heavy atom. The molecule has 1 aliphatic carbocycles. The fourth-order valence-electron chi connectivity index (χ4n) is 3.27. The molecule has 3 rings (SSSR count). The zero-order valence-corrected chi connectivity index (χ0v) is 13.0. The van der Waals surface area contributed by atoms with Crippen LogP contribution in [0.3, 0.4) is 0 Å². The molecule has 2 bridgehead atoms. The predicted octanol–water partition coefficient (Wildman–Crippen LogP) is 3.04. The van der Waals surface area contributed by atoms with E-state index in [1.54, 1.807) is 19.1 Å². The van der Waals surface area contributed by atoms with Gasteiger partial charge in [0.1, 0.15) is 0 Å². The van der Waals surface area contributed by atoms with Gasteiger partial charge in [-0.3, -0.25) is 0 Å². The highest BCUT2D eigenvalue weighted by atomic mass is 32.1. The van der Waals surface area contributed by atoms with E-state index in [1.807, 2.05) is 12.1 Å². The number of hydrogen-bond acceptors (Lipinski definition) is 3. The van der Waals surface area contributed by atoms with Gasteiger partial charge in [0.15, 0.2) is 5.11 Å². The molecule has 2 fully saturated rings. The number of fused-ring (bicyclic) bond motifs is 2. The summed E-state index contributed by atoms with van der Waals surface area (Å²) in [7, 11) is 0. The minimum absolute atomic E-state index is 0.288. The Morgan fingerprint density at radius 3 is 2.71 bits per heavy atom. The second-order valence-corrected chi connectivity index (χ2v) is 6.10. The lowest BCUT2D eigenvalue weighted by Crippen LogP contribution is -2.40. The molecule has 112 valence electrons. The number of carbonyl (C=O) groups excluding carboxylic acids is 1. The van der Waals surface area contributed by atoms with Crippen LogP contribution in [0.2, 0.25) is 0 Å². The normalized spacial score (nSPS) is 23.2. The lowest BCUT2D eigenvalue weighted by Gasteiger charge is -2.29. The van der Waals surface area contributed by atoms with Crippen molar-refractivity contribution in [1.29, 1.82) is 0 Å². The van der Waals surface area contributed by atoms with Crippen molar-refractivity contribution in [3.05, 3.63) is 29.8 Å². The summed E-state index contributed by atoms with van der Waals surface area (Å²) in [5.74, 6) is 0.532. The van der Waals surface area contributed by atoms with Gasteiger partial charge in [-0.2, -0.15) is 0 Å². The minimum Gasteiger partial charge on any atom is -0.462 e. The third kappa shape index (κ3) is 3.02. The molecule has 21 heavy (non-hydrogen) atoms. The molecule has 1 heterocycles. The van der Waals surface area contributed by atoms with Crippen LogP contribution in [-0.4, -0.2) is 35.2 Å². The van der Waals surface area contributed by atoms with E-state index in [1.165, 1.54) is 19.3 Å². The molecular weight excluding hydrogens is 284 g/mol. The first-order valence-corrected chi connectivity index (χ1v) is 7.93. The Morgan fingerprint density at radius 1 is 1.38 bits per heavy atom. The topological polar surface area (TPSA) is 41.6 Å². The largest absolute Gasteiger partial charge is 0.462 e. The molecule has 0 aromatic heterocycles. The molecule has 1 saturated heterocycles. The first-order valence-electron chi connectivity index (χ1n) is 7.52. The number of anilines is 1. The molecular formula is C16H20N2O2S. The second-order valence-electron chi connectivity index (χ2n) is 5.71. The molecule has 1 aromatic rings. The molecule has 1 N–H and O–H groups in total. The van der Waals surface area contributed by atoms with Gasteiger partial charge in [0.25, 0.3) is 0 Å². The van der Waals surface area contributed by atoms with Crippen molar-refractivity contribution in [3.63, 3.8) is 0 Å². The van der Waals surface area contributed by atoms with Gasteiger partial charge in [0.2, 0.25) is 0 Å². The molecule has 0 amide bonds. The number of esters is 1. The average molecular weight is 304 g/mol. The number of nitrogens with zero attached hydrogens (tertiary/aromatic N) is 1. The Hall–Kier alpha value is -1.62. The third-order valence-corrected chi connectivity index (χ3v) is 4.65. The van der Waals surface area contributed by atoms with Crippen molar-refractivity contribution in [2.75, 3.05) is 18.5 Å². The lowest BCUT2D eigenvalue weighted by molar-refractivity contribution is 0.0526. The van der Waals surface area contributed by atoms with E-state index >= 15 is 0 Å². The fraction of sp³-hybridized carbons (Fsp3) is 0.500. The SMILES string of the molecule is CCOC(=O)c1ccc(NC(=S)N2C[C@@H]3CC[C@H]2C3)cc1. The van der Waals surface area contributed by atoms with Gasteiger partial charge in [-0.1, -0.05) is 0 Å². The molecule has 0 spiro atoms. The van der Waals surface area contributed by atoms with Crippen LogP contribution in [-0.2, 0) is 4.74 Å². The van der Waals surface area contributed by atoms with Gasteiger partial charge in [-0.05, 0) is 68.6 Å². The van der Waals surface area contributed by atoms with Gasteiger partial charge < -0.3 is 15.0 Å². The van der Waals surface area contributed by atoms with Crippen molar-refractivity contribution in [3.8, 4) is 0 Å². The minimum atomic E-state index is -0.288. The van der Waals surface area contributed by atoms with Crippen LogP contribution in [0.25, 0.3) is 0 Å². The maximum atomic E-state index is 11.6. The molecule has 1 aliphatic heterocycles. The molecule has 0 unspecified atom stereocenters. The second kappa shape index (κ2) is 6.02. The maximum absolute atomic E-state index is 11.6. The number of hydrogen-bond donors (Lipinski definition) is 1. The first kappa shape index (κ1) is 14.3. The van der Waals surface area contributed by atoms with Crippen molar-refractivity contribution in [2.24, 2.45) is 5.92 Å². The van der Waals surface area contributed by atoms with Crippen LogP contribution in [0.4, 0.5) is 5.69 Å². The van der Waals surface area contributed by atoms with Crippen LogP contribution < -0.4 is 5.32 Å². The summed E-state index contributed by atoms with van der Waals surface area (Å²) in [6, 6.07) is 7.88. The highest BCUT2D eigenvalue weighted by Gasteiger charge is 2.38. The fourth-order valence-corrected chi connectivity index (χ4v) is 3.61. The summed E-state index contributed by atoms with van der Waals surface area (Å²) in [6.07, 6.45) is 3.88. The van der Waals surface area contributed by atoms with Crippen molar-refractivity contribution in [1.82, 2.24) is 4.90 Å². The molecule has 1 aromatic carbocycles. The van der Waals surface area contributed by atoms with E-state index in [9.17, 15) is 4.79 Å². The molecule has 1 saturated carbocycles. The smallest absolute Gasteiger partial charge is 0.338 e. The number of benzene rings is 1. The van der Waals surface area contributed by atoms with E-state index in [2.05, 4.69) is 10.2 Å². The monoisotopic (exact) mass is 304 g/mol. The first-order chi connectivity index (χ1) is 10.2. The zero-order chi connectivity index (χ0) is 14.8. The number of nitrogens with one attached hydrogen (secondary N) is 1. The highest BCUT2D eigenvalue weighted by molar-refractivity contribution is 7.80. The molecule has 2 atom stereocenters. The van der Waals surface area contributed by atoms with E-state index in [4.69, 9.17) is 17.0 Å². The van der Waals surface area contributed by atoms with E-state index in [0.29, 0.717) is 18.2 Å².